The fourth-order valence-corrected chi connectivity index (χ4v) is 4.49. The van der Waals surface area contributed by atoms with Gasteiger partial charge >= 0.3 is 12.1 Å². The smallest absolute Gasteiger partial charge is 0.416 e. The van der Waals surface area contributed by atoms with Crippen LogP contribution in [0.3, 0.4) is 0 Å². The Labute approximate surface area is 227 Å². The number of rotatable bonds is 6. The molecule has 4 rings (SSSR count). The van der Waals surface area contributed by atoms with E-state index >= 15 is 0 Å². The molecular weight excluding hydrogens is 613 g/mol. The van der Waals surface area contributed by atoms with E-state index < -0.39 is 23.3 Å². The predicted octanol–water partition coefficient (Wildman–Crippen LogP) is 6.76. The highest BCUT2D eigenvalue weighted by atomic mass is 127. The average Bonchev–Trinajstić information content (AvgIpc) is 3.17. The summed E-state index contributed by atoms with van der Waals surface area (Å²) in [6, 6.07) is 10.4. The van der Waals surface area contributed by atoms with E-state index in [1.54, 1.807) is 6.07 Å². The van der Waals surface area contributed by atoms with Gasteiger partial charge in [-0.2, -0.15) is 13.2 Å². The topological polar surface area (TPSA) is 46.6 Å². The number of ketones is 1. The largest absolute Gasteiger partial charge is 0.451 e. The second-order valence-electron chi connectivity index (χ2n) is 8.43. The molecule has 0 atom stereocenters. The Morgan fingerprint density at radius 1 is 1.08 bits per heavy atom. The molecule has 2 aliphatic rings. The quantitative estimate of drug-likeness (QED) is 0.115. The first kappa shape index (κ1) is 30.2. The van der Waals surface area contributed by atoms with Gasteiger partial charge in [-0.3, -0.25) is 4.79 Å². The molecule has 0 amide bonds. The van der Waals surface area contributed by atoms with Gasteiger partial charge in [0.05, 0.1) is 5.56 Å². The van der Waals surface area contributed by atoms with E-state index in [4.69, 9.17) is 4.74 Å². The Kier molecular flexibility index (Phi) is 10.9. The maximum absolute atomic E-state index is 13.2. The lowest BCUT2D eigenvalue weighted by atomic mass is 9.81. The number of carbonyl (C=O) groups is 2. The molecule has 4 nitrogen and oxygen atoms in total. The fraction of sp³-hybridized carbons (Fsp3) is 0.385. The molecule has 0 saturated carbocycles. The van der Waals surface area contributed by atoms with Crippen molar-refractivity contribution >= 4 is 52.3 Å². The van der Waals surface area contributed by atoms with Crippen molar-refractivity contribution in [2.45, 2.75) is 37.5 Å². The highest BCUT2D eigenvalue weighted by Gasteiger charge is 2.46. The number of esters is 1. The van der Waals surface area contributed by atoms with E-state index in [1.807, 2.05) is 4.93 Å². The van der Waals surface area contributed by atoms with Gasteiger partial charge in [-0.05, 0) is 59.9 Å². The Bertz CT molecular complexity index is 1080. The Hall–Kier alpha value is -1.98. The standard InChI is InChI=1S/C25H23F4NO3.CH3I.ClH/c26-20-8-6-17(7-9-20)22(31)5-2-12-30-13-10-24(11-14-30)21(16-23(32)33-24)18-3-1-4-19(15-18)25(27,28)29;1-2;/h1,3-4,6-9,15-16H,2,5,10-14H2;1H3;1H. The number of likely N-dealkylation sites (tertiary alicyclic amines) is 1. The minimum atomic E-state index is -4.47. The van der Waals surface area contributed by atoms with E-state index in [0.29, 0.717) is 62.0 Å². The van der Waals surface area contributed by atoms with Crippen LogP contribution in [0.2, 0.25) is 0 Å². The molecule has 0 bridgehead atoms. The van der Waals surface area contributed by atoms with E-state index in [2.05, 4.69) is 27.5 Å². The number of nitrogens with zero attached hydrogens (tertiary/aromatic N) is 1. The van der Waals surface area contributed by atoms with Gasteiger partial charge in [-0.25, -0.2) is 9.18 Å². The maximum Gasteiger partial charge on any atom is 0.416 e. The first-order valence-electron chi connectivity index (χ1n) is 11.2. The lowest BCUT2D eigenvalue weighted by Crippen LogP contribution is -2.45. The molecule has 1 fully saturated rings. The number of hydrogen-bond acceptors (Lipinski definition) is 4. The zero-order valence-electron chi connectivity index (χ0n) is 19.6. The number of carbonyl (C=O) groups excluding carboxylic acids is 2. The van der Waals surface area contributed by atoms with Crippen molar-refractivity contribution in [3.05, 3.63) is 77.1 Å². The molecule has 0 N–H and O–H groups in total. The van der Waals surface area contributed by atoms with Crippen LogP contribution < -0.4 is 0 Å². The van der Waals surface area contributed by atoms with E-state index in [-0.39, 0.29) is 24.0 Å². The van der Waals surface area contributed by atoms with Crippen molar-refractivity contribution in [3.8, 4) is 0 Å². The predicted molar refractivity (Wildman–Crippen MR) is 141 cm³/mol. The van der Waals surface area contributed by atoms with Crippen LogP contribution in [-0.2, 0) is 15.7 Å². The van der Waals surface area contributed by atoms with Crippen LogP contribution in [0.1, 0.15) is 47.2 Å². The van der Waals surface area contributed by atoms with Gasteiger partial charge in [0, 0.05) is 49.6 Å². The summed E-state index contributed by atoms with van der Waals surface area (Å²) in [5.41, 5.74) is -0.387. The second kappa shape index (κ2) is 13.0. The number of ether oxygens (including phenoxy) is 1. The summed E-state index contributed by atoms with van der Waals surface area (Å²) < 4.78 is 58.1. The monoisotopic (exact) mass is 639 g/mol. The van der Waals surface area contributed by atoms with E-state index in [0.717, 1.165) is 12.1 Å². The van der Waals surface area contributed by atoms with Crippen molar-refractivity contribution in [2.24, 2.45) is 0 Å². The highest BCUT2D eigenvalue weighted by molar-refractivity contribution is 14.1. The van der Waals surface area contributed by atoms with Crippen LogP contribution in [0.25, 0.3) is 5.57 Å². The normalized spacial score (nSPS) is 16.9. The lowest BCUT2D eigenvalue weighted by molar-refractivity contribution is -0.148. The van der Waals surface area contributed by atoms with Crippen LogP contribution in [-0.4, -0.2) is 46.8 Å². The molecule has 1 saturated heterocycles. The molecule has 0 aromatic heterocycles. The molecule has 1 spiro atoms. The molecule has 2 aliphatic heterocycles. The number of alkyl halides is 4. The van der Waals surface area contributed by atoms with Crippen LogP contribution in [0.15, 0.2) is 54.6 Å². The first-order chi connectivity index (χ1) is 16.7. The van der Waals surface area contributed by atoms with Crippen LogP contribution in [0.4, 0.5) is 17.6 Å². The number of Topliss-reactive ketones (excluding diaryl/α,β-unsaturated/α-hetero) is 1. The summed E-state index contributed by atoms with van der Waals surface area (Å²) in [6.45, 7) is 1.85. The van der Waals surface area contributed by atoms with Crippen LogP contribution in [0, 0.1) is 5.82 Å². The number of piperidine rings is 1. The van der Waals surface area contributed by atoms with Gasteiger partial charge in [-0.15, -0.1) is 12.4 Å². The zero-order chi connectivity index (χ0) is 25.6. The molecule has 0 aliphatic carbocycles. The summed E-state index contributed by atoms with van der Waals surface area (Å²) in [4.78, 5) is 28.4. The minimum absolute atomic E-state index is 0. The van der Waals surface area contributed by atoms with Crippen molar-refractivity contribution in [2.75, 3.05) is 24.6 Å². The van der Waals surface area contributed by atoms with Gasteiger partial charge in [-0.1, -0.05) is 34.7 Å². The molecule has 10 heteroatoms. The Morgan fingerprint density at radius 2 is 1.72 bits per heavy atom. The van der Waals surface area contributed by atoms with Crippen molar-refractivity contribution < 1.29 is 31.9 Å². The molecule has 0 radical (unpaired) electrons. The SMILES string of the molecule is CI.Cl.O=C1C=C(c2cccc(C(F)(F)F)c2)C2(CCN(CCCC(=O)c3ccc(F)cc3)CC2)O1. The van der Waals surface area contributed by atoms with Gasteiger partial charge < -0.3 is 9.64 Å². The van der Waals surface area contributed by atoms with Gasteiger partial charge in [0.15, 0.2) is 5.78 Å². The lowest BCUT2D eigenvalue weighted by Gasteiger charge is -2.40. The second-order valence-corrected chi connectivity index (χ2v) is 8.43. The van der Waals surface area contributed by atoms with E-state index in [9.17, 15) is 27.2 Å². The Balaban J connectivity index is 0.00000148. The van der Waals surface area contributed by atoms with Gasteiger partial charge in [0.1, 0.15) is 11.4 Å². The van der Waals surface area contributed by atoms with Crippen LogP contribution >= 0.6 is 35.0 Å². The summed E-state index contributed by atoms with van der Waals surface area (Å²) in [6.07, 6.45) is -1.29. The molecule has 2 aromatic carbocycles. The van der Waals surface area contributed by atoms with Gasteiger partial charge in [0.2, 0.25) is 0 Å². The summed E-state index contributed by atoms with van der Waals surface area (Å²) in [5.74, 6) is -0.983. The number of halogens is 6. The molecule has 36 heavy (non-hydrogen) atoms. The summed E-state index contributed by atoms with van der Waals surface area (Å²) in [7, 11) is 0. The maximum atomic E-state index is 13.2. The molecule has 2 heterocycles. The first-order valence-corrected chi connectivity index (χ1v) is 13.3. The Morgan fingerprint density at radius 3 is 2.33 bits per heavy atom. The third-order valence-corrected chi connectivity index (χ3v) is 6.26. The van der Waals surface area contributed by atoms with E-state index in [1.165, 1.54) is 36.4 Å². The summed E-state index contributed by atoms with van der Waals surface area (Å²) in [5, 5.41) is 0. The third-order valence-electron chi connectivity index (χ3n) is 6.26. The molecule has 0 unspecified atom stereocenters. The van der Waals surface area contributed by atoms with Crippen LogP contribution in [0.5, 0.6) is 0 Å². The number of benzene rings is 2. The average molecular weight is 640 g/mol. The minimum Gasteiger partial charge on any atom is -0.451 e. The number of hydrogen-bond donors (Lipinski definition) is 0. The third kappa shape index (κ3) is 7.29. The van der Waals surface area contributed by atoms with Crippen molar-refractivity contribution in [1.29, 1.82) is 0 Å². The fourth-order valence-electron chi connectivity index (χ4n) is 4.49. The summed E-state index contributed by atoms with van der Waals surface area (Å²) >= 11 is 2.15. The molecular formula is C26H27ClF4INO3. The van der Waals surface area contributed by atoms with Crippen molar-refractivity contribution in [1.82, 2.24) is 4.90 Å². The highest BCUT2D eigenvalue weighted by Crippen LogP contribution is 2.44. The molecule has 2 aromatic rings. The zero-order valence-corrected chi connectivity index (χ0v) is 22.6. The van der Waals surface area contributed by atoms with Crippen molar-refractivity contribution in [3.63, 3.8) is 0 Å². The molecule has 196 valence electrons. The van der Waals surface area contributed by atoms with Gasteiger partial charge in [0.25, 0.3) is 0 Å².